The van der Waals surface area contributed by atoms with Crippen molar-refractivity contribution in [3.8, 4) is 51.6 Å². The molecule has 0 fully saturated rings. The molecule has 8 rings (SSSR count). The summed E-state index contributed by atoms with van der Waals surface area (Å²) in [5.41, 5.74) is 3.98. The van der Waals surface area contributed by atoms with Gasteiger partial charge in [0.1, 0.15) is 51.6 Å². The molecule has 0 amide bonds. The van der Waals surface area contributed by atoms with E-state index in [9.17, 15) is 25.5 Å². The van der Waals surface area contributed by atoms with Gasteiger partial charge in [-0.3, -0.25) is 0 Å². The fourth-order valence-electron chi connectivity index (χ4n) is 7.11. The molecule has 0 saturated heterocycles. The molecule has 4 atom stereocenters. The molecular formula is C34H26O8. The third kappa shape index (κ3) is 3.41. The molecule has 8 nitrogen and oxygen atoms in total. The van der Waals surface area contributed by atoms with E-state index in [-0.39, 0.29) is 40.6 Å². The van der Waals surface area contributed by atoms with Crippen molar-refractivity contribution in [2.24, 2.45) is 5.92 Å². The number of aromatic hydroxyl groups is 5. The van der Waals surface area contributed by atoms with Crippen LogP contribution in [0.5, 0.6) is 40.2 Å². The Hall–Kier alpha value is -5.24. The molecule has 0 spiro atoms. The third-order valence-corrected chi connectivity index (χ3v) is 8.78. The van der Waals surface area contributed by atoms with Crippen molar-refractivity contribution in [3.05, 3.63) is 101 Å². The molecule has 5 N–H and O–H groups in total. The highest BCUT2D eigenvalue weighted by molar-refractivity contribution is 5.84. The molecule has 2 aliphatic heterocycles. The molecule has 42 heavy (non-hydrogen) atoms. The molecule has 210 valence electrons. The van der Waals surface area contributed by atoms with Crippen LogP contribution in [0, 0.1) is 5.92 Å². The molecule has 3 aliphatic rings. The zero-order valence-corrected chi connectivity index (χ0v) is 22.4. The predicted molar refractivity (Wildman–Crippen MR) is 153 cm³/mol. The highest BCUT2D eigenvalue weighted by Crippen LogP contribution is 2.65. The predicted octanol–water partition coefficient (Wildman–Crippen LogP) is 7.10. The lowest BCUT2D eigenvalue weighted by Crippen LogP contribution is -2.56. The Kier molecular flexibility index (Phi) is 4.90. The van der Waals surface area contributed by atoms with Gasteiger partial charge in [0.2, 0.25) is 0 Å². The van der Waals surface area contributed by atoms with Gasteiger partial charge in [-0.2, -0.15) is 0 Å². The number of rotatable bonds is 2. The van der Waals surface area contributed by atoms with Crippen molar-refractivity contribution >= 4 is 11.0 Å². The number of fused-ring (bicyclic) bond motifs is 5. The first kappa shape index (κ1) is 24.5. The molecule has 3 heterocycles. The summed E-state index contributed by atoms with van der Waals surface area (Å²) in [6.07, 6.45) is 2.80. The van der Waals surface area contributed by atoms with Crippen LogP contribution in [0.15, 0.2) is 88.9 Å². The van der Waals surface area contributed by atoms with Crippen molar-refractivity contribution in [3.63, 3.8) is 0 Å². The number of benzene rings is 4. The number of phenols is 5. The summed E-state index contributed by atoms with van der Waals surface area (Å²) in [5.74, 6) is -1.40. The van der Waals surface area contributed by atoms with Gasteiger partial charge < -0.3 is 39.4 Å². The Balaban J connectivity index is 1.38. The van der Waals surface area contributed by atoms with E-state index in [1.165, 1.54) is 18.2 Å². The number of furan rings is 1. The van der Waals surface area contributed by atoms with Crippen LogP contribution in [-0.4, -0.2) is 25.5 Å². The molecule has 0 bridgehead atoms. The van der Waals surface area contributed by atoms with Crippen LogP contribution in [-0.2, 0) is 5.79 Å². The second-order valence-electron chi connectivity index (χ2n) is 11.4. The summed E-state index contributed by atoms with van der Waals surface area (Å²) in [4.78, 5) is 0. The Morgan fingerprint density at radius 2 is 1.48 bits per heavy atom. The summed E-state index contributed by atoms with van der Waals surface area (Å²) >= 11 is 0. The molecular weight excluding hydrogens is 536 g/mol. The molecule has 0 radical (unpaired) electrons. The number of phenolic OH excluding ortho intramolecular Hbond substituents is 5. The van der Waals surface area contributed by atoms with E-state index in [0.29, 0.717) is 46.0 Å². The van der Waals surface area contributed by atoms with Gasteiger partial charge in [-0.1, -0.05) is 17.7 Å². The normalized spacial score (nSPS) is 23.6. The van der Waals surface area contributed by atoms with E-state index in [0.717, 1.165) is 16.5 Å². The lowest BCUT2D eigenvalue weighted by molar-refractivity contribution is -0.198. The van der Waals surface area contributed by atoms with Crippen molar-refractivity contribution in [2.45, 2.75) is 31.0 Å². The quantitative estimate of drug-likeness (QED) is 0.144. The number of hydrogen-bond donors (Lipinski definition) is 5. The zero-order chi connectivity index (χ0) is 28.9. The molecule has 0 saturated carbocycles. The van der Waals surface area contributed by atoms with Crippen LogP contribution in [0.3, 0.4) is 0 Å². The maximum absolute atomic E-state index is 11.5. The van der Waals surface area contributed by atoms with E-state index < -0.39 is 11.7 Å². The van der Waals surface area contributed by atoms with Gasteiger partial charge in [0, 0.05) is 46.5 Å². The van der Waals surface area contributed by atoms with E-state index >= 15 is 0 Å². The molecule has 1 unspecified atom stereocenters. The van der Waals surface area contributed by atoms with Gasteiger partial charge in [-0.15, -0.1) is 0 Å². The maximum atomic E-state index is 11.5. The second kappa shape index (κ2) is 8.39. The van der Waals surface area contributed by atoms with Crippen LogP contribution < -0.4 is 9.47 Å². The van der Waals surface area contributed by atoms with Crippen LogP contribution in [0.1, 0.15) is 41.9 Å². The minimum Gasteiger partial charge on any atom is -0.508 e. The summed E-state index contributed by atoms with van der Waals surface area (Å²) < 4.78 is 19.5. The summed E-state index contributed by atoms with van der Waals surface area (Å²) in [7, 11) is 0. The van der Waals surface area contributed by atoms with Gasteiger partial charge in [-0.25, -0.2) is 0 Å². The smallest absolute Gasteiger partial charge is 0.285 e. The topological polar surface area (TPSA) is 133 Å². The Morgan fingerprint density at radius 1 is 0.738 bits per heavy atom. The first-order valence-corrected chi connectivity index (χ1v) is 13.7. The SMILES string of the molecule is CC1=C[C@@H]2c3c(O)cc(-c4cc5ccc(O)cc5o4)cc3O[C@@]3(c4ccc(O)cc4O)Oc4cc(O)ccc4[C@@H](C1)C23. The van der Waals surface area contributed by atoms with E-state index in [1.54, 1.807) is 42.5 Å². The van der Waals surface area contributed by atoms with Crippen molar-refractivity contribution in [2.75, 3.05) is 0 Å². The Morgan fingerprint density at radius 3 is 2.31 bits per heavy atom. The minimum atomic E-state index is -1.57. The van der Waals surface area contributed by atoms with E-state index in [1.807, 2.05) is 12.1 Å². The summed E-state index contributed by atoms with van der Waals surface area (Å²) in [6.45, 7) is 2.05. The van der Waals surface area contributed by atoms with Crippen molar-refractivity contribution in [1.29, 1.82) is 0 Å². The zero-order valence-electron chi connectivity index (χ0n) is 22.4. The van der Waals surface area contributed by atoms with E-state index in [2.05, 4.69) is 13.0 Å². The second-order valence-corrected chi connectivity index (χ2v) is 11.4. The number of hydrogen-bond acceptors (Lipinski definition) is 8. The maximum Gasteiger partial charge on any atom is 0.285 e. The largest absolute Gasteiger partial charge is 0.508 e. The highest BCUT2D eigenvalue weighted by atomic mass is 16.7. The van der Waals surface area contributed by atoms with Gasteiger partial charge >= 0.3 is 0 Å². The number of ether oxygens (including phenoxy) is 2. The van der Waals surface area contributed by atoms with Crippen LogP contribution in [0.2, 0.25) is 0 Å². The van der Waals surface area contributed by atoms with Gasteiger partial charge in [0.25, 0.3) is 5.79 Å². The fourth-order valence-corrected chi connectivity index (χ4v) is 7.11. The Bertz CT molecular complexity index is 1970. The van der Waals surface area contributed by atoms with Crippen molar-refractivity contribution < 1.29 is 39.4 Å². The lowest BCUT2D eigenvalue weighted by Gasteiger charge is -2.55. The standard InChI is InChI=1S/C34H26O8/c1-16-8-23-22-6-4-21(37)15-30(22)41-34(25-7-5-19(35)13-26(25)38)33(23)24(9-16)32-27(39)10-18(12-31(32)42-34)28-11-17-2-3-20(36)14-29(17)40-28/h2-7,9-15,23-24,33,35-39H,8H2,1H3/t23-,24-,33?,34-/m1/s1. The van der Waals surface area contributed by atoms with Gasteiger partial charge in [0.05, 0.1) is 11.5 Å². The lowest BCUT2D eigenvalue weighted by atomic mass is 9.61. The van der Waals surface area contributed by atoms with Crippen molar-refractivity contribution in [1.82, 2.24) is 0 Å². The average molecular weight is 563 g/mol. The highest BCUT2D eigenvalue weighted by Gasteiger charge is 2.61. The first-order valence-electron chi connectivity index (χ1n) is 13.7. The van der Waals surface area contributed by atoms with Crippen LogP contribution in [0.25, 0.3) is 22.3 Å². The molecule has 8 heteroatoms. The minimum absolute atomic E-state index is 0.0283. The van der Waals surface area contributed by atoms with Gasteiger partial charge in [-0.05, 0) is 67.4 Å². The van der Waals surface area contributed by atoms with Crippen LogP contribution in [0.4, 0.5) is 0 Å². The monoisotopic (exact) mass is 562 g/mol. The summed E-state index contributed by atoms with van der Waals surface area (Å²) in [5, 5.41) is 53.9. The summed E-state index contributed by atoms with van der Waals surface area (Å²) in [6, 6.07) is 19.4. The van der Waals surface area contributed by atoms with Crippen LogP contribution >= 0.6 is 0 Å². The molecule has 5 aromatic rings. The average Bonchev–Trinajstić information content (AvgIpc) is 3.35. The molecule has 1 aromatic heterocycles. The third-order valence-electron chi connectivity index (χ3n) is 8.78. The fraction of sp³-hybridized carbons (Fsp3) is 0.176. The van der Waals surface area contributed by atoms with E-state index in [4.69, 9.17) is 13.9 Å². The molecule has 1 aliphatic carbocycles. The molecule has 4 aromatic carbocycles. The first-order chi connectivity index (χ1) is 20.2. The number of allylic oxidation sites excluding steroid dienone is 2. The van der Waals surface area contributed by atoms with Gasteiger partial charge in [0.15, 0.2) is 0 Å². The Labute approximate surface area is 239 Å².